The highest BCUT2D eigenvalue weighted by Crippen LogP contribution is 2.34. The highest BCUT2D eigenvalue weighted by Gasteiger charge is 2.30. The topological polar surface area (TPSA) is 94.3 Å². The molecule has 1 aromatic carbocycles. The molecule has 2 amide bonds. The van der Waals surface area contributed by atoms with Crippen LogP contribution in [0.3, 0.4) is 0 Å². The Kier molecular flexibility index (Phi) is 6.70. The molecule has 2 aliphatic rings. The summed E-state index contributed by atoms with van der Waals surface area (Å²) in [5.41, 5.74) is 4.05. The van der Waals surface area contributed by atoms with Gasteiger partial charge in [-0.05, 0) is 83.0 Å². The molecule has 1 aliphatic heterocycles. The number of aryl methyl sites for hydroxylation is 1. The number of fused-ring (bicyclic) bond motifs is 1. The van der Waals surface area contributed by atoms with Crippen molar-refractivity contribution in [1.82, 2.24) is 15.2 Å². The first-order valence-electron chi connectivity index (χ1n) is 11.6. The molecule has 1 aliphatic carbocycles. The highest BCUT2D eigenvalue weighted by molar-refractivity contribution is 6.34. The van der Waals surface area contributed by atoms with Crippen molar-refractivity contribution in [3.05, 3.63) is 52.1 Å². The van der Waals surface area contributed by atoms with Crippen molar-refractivity contribution >= 4 is 34.9 Å². The van der Waals surface area contributed by atoms with Crippen LogP contribution in [0.25, 0.3) is 11.6 Å². The minimum Gasteiger partial charge on any atom is -0.358 e. The first-order valence-corrected chi connectivity index (χ1v) is 11.6. The lowest BCUT2D eigenvalue weighted by Gasteiger charge is -2.15. The van der Waals surface area contributed by atoms with Crippen molar-refractivity contribution in [3.8, 4) is 0 Å². The number of carbonyl (C=O) groups is 3. The zero-order valence-electron chi connectivity index (χ0n) is 20.0. The van der Waals surface area contributed by atoms with E-state index in [0.29, 0.717) is 52.7 Å². The standard InChI is InChI=1S/C26H31FN4O3/c1-14-23(12-21-20-11-17(27)6-8-22(20)30-25(21)33)28-15(2)24(14)26(34)29-18-7-5-16(9-18)10-19(32)13-31(3)4/h6,8,11-12,16,18,28H,5,7,9-10,13H2,1-4H3,(H,29,34)(H,30,33)/b21-12-. The first-order chi connectivity index (χ1) is 16.1. The van der Waals surface area contributed by atoms with Crippen LogP contribution in [0.1, 0.15) is 58.6 Å². The van der Waals surface area contributed by atoms with Gasteiger partial charge in [0.05, 0.1) is 17.7 Å². The number of amides is 2. The molecule has 0 spiro atoms. The van der Waals surface area contributed by atoms with E-state index in [9.17, 15) is 18.8 Å². The molecule has 0 saturated heterocycles. The molecule has 3 N–H and O–H groups in total. The molecule has 2 unspecified atom stereocenters. The van der Waals surface area contributed by atoms with Gasteiger partial charge in [-0.3, -0.25) is 14.4 Å². The zero-order valence-corrected chi connectivity index (χ0v) is 20.0. The smallest absolute Gasteiger partial charge is 0.256 e. The number of H-pyrrole nitrogens is 1. The van der Waals surface area contributed by atoms with Crippen LogP contribution in [0.2, 0.25) is 0 Å². The monoisotopic (exact) mass is 466 g/mol. The largest absolute Gasteiger partial charge is 0.358 e. The van der Waals surface area contributed by atoms with Crippen LogP contribution in [0, 0.1) is 25.6 Å². The van der Waals surface area contributed by atoms with Crippen LogP contribution in [-0.4, -0.2) is 54.2 Å². The van der Waals surface area contributed by atoms with E-state index < -0.39 is 5.82 Å². The van der Waals surface area contributed by atoms with Gasteiger partial charge in [0.25, 0.3) is 11.8 Å². The maximum Gasteiger partial charge on any atom is 0.256 e. The lowest BCUT2D eigenvalue weighted by molar-refractivity contribution is -0.120. The van der Waals surface area contributed by atoms with Gasteiger partial charge in [0, 0.05) is 35.1 Å². The molecule has 0 bridgehead atoms. The lowest BCUT2D eigenvalue weighted by Crippen LogP contribution is -2.33. The first kappa shape index (κ1) is 23.9. The number of aromatic amines is 1. The molecular formula is C26H31FN4O3. The number of benzene rings is 1. The average molecular weight is 467 g/mol. The van der Waals surface area contributed by atoms with Crippen LogP contribution in [0.15, 0.2) is 18.2 Å². The summed E-state index contributed by atoms with van der Waals surface area (Å²) >= 11 is 0. The fraction of sp³-hybridized carbons (Fsp3) is 0.423. The van der Waals surface area contributed by atoms with E-state index in [1.807, 2.05) is 32.8 Å². The van der Waals surface area contributed by atoms with Crippen molar-refractivity contribution in [3.63, 3.8) is 0 Å². The summed E-state index contributed by atoms with van der Waals surface area (Å²) in [6.45, 7) is 4.10. The van der Waals surface area contributed by atoms with Crippen molar-refractivity contribution in [2.24, 2.45) is 5.92 Å². The van der Waals surface area contributed by atoms with E-state index in [4.69, 9.17) is 0 Å². The van der Waals surface area contributed by atoms with E-state index in [0.717, 1.165) is 24.8 Å². The molecule has 34 heavy (non-hydrogen) atoms. The lowest BCUT2D eigenvalue weighted by atomic mass is 10.0. The number of ketones is 1. The Labute approximate surface area is 198 Å². The third-order valence-corrected chi connectivity index (χ3v) is 6.64. The SMILES string of the molecule is Cc1[nH]c(/C=C2\C(=O)Nc3ccc(F)cc32)c(C)c1C(=O)NC1CCC(CC(=O)CN(C)C)C1. The van der Waals surface area contributed by atoms with Crippen LogP contribution < -0.4 is 10.6 Å². The third kappa shape index (κ3) is 4.97. The van der Waals surface area contributed by atoms with Gasteiger partial charge in [0.2, 0.25) is 0 Å². The molecule has 2 atom stereocenters. The van der Waals surface area contributed by atoms with E-state index >= 15 is 0 Å². The van der Waals surface area contributed by atoms with E-state index in [1.165, 1.54) is 18.2 Å². The van der Waals surface area contributed by atoms with Gasteiger partial charge in [-0.2, -0.15) is 0 Å². The number of anilines is 1. The summed E-state index contributed by atoms with van der Waals surface area (Å²) in [4.78, 5) is 42.8. The average Bonchev–Trinajstić information content (AvgIpc) is 3.38. The van der Waals surface area contributed by atoms with Crippen LogP contribution in [0.5, 0.6) is 0 Å². The Bertz CT molecular complexity index is 1180. The molecular weight excluding hydrogens is 435 g/mol. The Morgan fingerprint density at radius 2 is 2.00 bits per heavy atom. The van der Waals surface area contributed by atoms with Crippen molar-refractivity contribution in [2.75, 3.05) is 26.0 Å². The fourth-order valence-electron chi connectivity index (χ4n) is 5.10. The molecule has 1 saturated carbocycles. The van der Waals surface area contributed by atoms with Crippen LogP contribution >= 0.6 is 0 Å². The predicted octanol–water partition coefficient (Wildman–Crippen LogP) is 3.68. The second-order valence-corrected chi connectivity index (χ2v) is 9.70. The zero-order chi connectivity index (χ0) is 24.6. The molecule has 0 radical (unpaired) electrons. The number of nitrogens with zero attached hydrogens (tertiary/aromatic N) is 1. The normalized spacial score (nSPS) is 20.6. The quantitative estimate of drug-likeness (QED) is 0.543. The Balaban J connectivity index is 1.47. The number of hydrogen-bond donors (Lipinski definition) is 3. The minimum atomic E-state index is -0.418. The summed E-state index contributed by atoms with van der Waals surface area (Å²) in [5.74, 6) is -0.358. The molecule has 8 heteroatoms. The van der Waals surface area contributed by atoms with Gasteiger partial charge in [-0.25, -0.2) is 4.39 Å². The van der Waals surface area contributed by atoms with E-state index in [1.54, 1.807) is 6.08 Å². The molecule has 7 nitrogen and oxygen atoms in total. The molecule has 2 heterocycles. The maximum absolute atomic E-state index is 13.8. The van der Waals surface area contributed by atoms with Crippen molar-refractivity contribution in [1.29, 1.82) is 0 Å². The Morgan fingerprint density at radius 3 is 2.74 bits per heavy atom. The van der Waals surface area contributed by atoms with Crippen molar-refractivity contribution < 1.29 is 18.8 Å². The number of nitrogens with one attached hydrogen (secondary N) is 3. The summed E-state index contributed by atoms with van der Waals surface area (Å²) < 4.78 is 13.8. The van der Waals surface area contributed by atoms with Gasteiger partial charge < -0.3 is 20.5 Å². The second-order valence-electron chi connectivity index (χ2n) is 9.70. The number of Topliss-reactive ketones (excluding diaryl/α,β-unsaturated/α-hetero) is 1. The van der Waals surface area contributed by atoms with E-state index in [2.05, 4.69) is 15.6 Å². The van der Waals surface area contributed by atoms with Gasteiger partial charge >= 0.3 is 0 Å². The summed E-state index contributed by atoms with van der Waals surface area (Å²) in [6, 6.07) is 4.21. The highest BCUT2D eigenvalue weighted by atomic mass is 19.1. The summed E-state index contributed by atoms with van der Waals surface area (Å²) in [5, 5.41) is 5.87. The molecule has 180 valence electrons. The van der Waals surface area contributed by atoms with Gasteiger partial charge in [0.1, 0.15) is 11.6 Å². The number of rotatable bonds is 7. The number of halogens is 1. The number of likely N-dealkylation sites (N-methyl/N-ethyl adjacent to an activating group) is 1. The minimum absolute atomic E-state index is 0.0376. The molecule has 2 aromatic rings. The Hall–Kier alpha value is -3.26. The molecule has 1 aromatic heterocycles. The van der Waals surface area contributed by atoms with Crippen molar-refractivity contribution in [2.45, 2.75) is 45.6 Å². The van der Waals surface area contributed by atoms with Crippen LogP contribution in [0.4, 0.5) is 10.1 Å². The fourth-order valence-corrected chi connectivity index (χ4v) is 5.10. The van der Waals surface area contributed by atoms with Gasteiger partial charge in [-0.15, -0.1) is 0 Å². The summed E-state index contributed by atoms with van der Waals surface area (Å²) in [7, 11) is 3.77. The number of aromatic nitrogens is 1. The second kappa shape index (κ2) is 9.54. The third-order valence-electron chi connectivity index (χ3n) is 6.64. The number of hydrogen-bond acceptors (Lipinski definition) is 4. The van der Waals surface area contributed by atoms with Gasteiger partial charge in [-0.1, -0.05) is 0 Å². The summed E-state index contributed by atoms with van der Waals surface area (Å²) in [6.07, 6.45) is 4.80. The molecule has 1 fully saturated rings. The van der Waals surface area contributed by atoms with Gasteiger partial charge in [0.15, 0.2) is 0 Å². The Morgan fingerprint density at radius 1 is 1.24 bits per heavy atom. The maximum atomic E-state index is 13.8. The van der Waals surface area contributed by atoms with Crippen LogP contribution in [-0.2, 0) is 9.59 Å². The predicted molar refractivity (Wildman–Crippen MR) is 130 cm³/mol. The number of carbonyl (C=O) groups excluding carboxylic acids is 3. The van der Waals surface area contributed by atoms with E-state index in [-0.39, 0.29) is 23.6 Å². The molecule has 4 rings (SSSR count).